The Kier molecular flexibility index (Phi) is 6.88. The van der Waals surface area contributed by atoms with Gasteiger partial charge >= 0.3 is 0 Å². The highest BCUT2D eigenvalue weighted by Crippen LogP contribution is 2.38. The van der Waals surface area contributed by atoms with E-state index in [4.69, 9.17) is 4.43 Å². The molecule has 1 unspecified atom stereocenters. The van der Waals surface area contributed by atoms with Gasteiger partial charge in [-0.3, -0.25) is 0 Å². The zero-order chi connectivity index (χ0) is 17.6. The predicted molar refractivity (Wildman–Crippen MR) is 109 cm³/mol. The van der Waals surface area contributed by atoms with Crippen LogP contribution < -0.4 is 0 Å². The van der Waals surface area contributed by atoms with E-state index in [0.29, 0.717) is 11.1 Å². The molecule has 134 valence electrons. The maximum absolute atomic E-state index is 6.70. The van der Waals surface area contributed by atoms with Gasteiger partial charge in [0.15, 0.2) is 8.32 Å². The van der Waals surface area contributed by atoms with Crippen molar-refractivity contribution in [3.05, 3.63) is 42.0 Å². The summed E-state index contributed by atoms with van der Waals surface area (Å²) in [4.78, 5) is 0. The van der Waals surface area contributed by atoms with Crippen molar-refractivity contribution in [1.29, 1.82) is 0 Å². The molecule has 24 heavy (non-hydrogen) atoms. The van der Waals surface area contributed by atoms with Crippen LogP contribution in [0.3, 0.4) is 0 Å². The van der Waals surface area contributed by atoms with Crippen molar-refractivity contribution in [2.45, 2.75) is 90.0 Å². The lowest BCUT2D eigenvalue weighted by Crippen LogP contribution is -2.44. The van der Waals surface area contributed by atoms with E-state index in [1.165, 1.54) is 50.5 Å². The van der Waals surface area contributed by atoms with Crippen molar-refractivity contribution in [1.82, 2.24) is 0 Å². The Labute approximate surface area is 150 Å². The van der Waals surface area contributed by atoms with Crippen LogP contribution in [0, 0.1) is 0 Å². The second kappa shape index (κ2) is 8.49. The zero-order valence-corrected chi connectivity index (χ0v) is 17.4. The molecule has 0 fully saturated rings. The summed E-state index contributed by atoms with van der Waals surface area (Å²) in [5, 5.41) is 0.308. The lowest BCUT2D eigenvalue weighted by molar-refractivity contribution is 0.155. The van der Waals surface area contributed by atoms with E-state index in [0.717, 1.165) is 0 Å². The Balaban J connectivity index is 1.97. The van der Waals surface area contributed by atoms with E-state index in [9.17, 15) is 0 Å². The van der Waals surface area contributed by atoms with Crippen molar-refractivity contribution < 1.29 is 4.43 Å². The molecule has 2 rings (SSSR count). The Morgan fingerprint density at radius 1 is 0.958 bits per heavy atom. The molecule has 1 aliphatic carbocycles. The summed E-state index contributed by atoms with van der Waals surface area (Å²) >= 11 is 0. The molecule has 1 aliphatic rings. The maximum Gasteiger partial charge on any atom is 0.192 e. The molecule has 0 aliphatic heterocycles. The average Bonchev–Trinajstić information content (AvgIpc) is 2.53. The van der Waals surface area contributed by atoms with Gasteiger partial charge in [0.05, 0.1) is 0 Å². The molecule has 0 saturated carbocycles. The third kappa shape index (κ3) is 5.60. The lowest BCUT2D eigenvalue weighted by atomic mass is 9.95. The number of hydrogen-bond donors (Lipinski definition) is 0. The van der Waals surface area contributed by atoms with E-state index in [1.54, 1.807) is 5.57 Å². The minimum Gasteiger partial charge on any atom is -0.414 e. The molecule has 2 heteroatoms. The summed E-state index contributed by atoms with van der Waals surface area (Å²) in [6, 6.07) is 10.9. The Morgan fingerprint density at radius 2 is 1.62 bits per heavy atom. The highest BCUT2D eigenvalue weighted by Gasteiger charge is 2.38. The van der Waals surface area contributed by atoms with E-state index < -0.39 is 8.32 Å². The lowest BCUT2D eigenvalue weighted by Gasteiger charge is -2.39. The second-order valence-corrected chi connectivity index (χ2v) is 13.5. The highest BCUT2D eigenvalue weighted by atomic mass is 28.4. The van der Waals surface area contributed by atoms with Crippen LogP contribution in [0.25, 0.3) is 5.57 Å². The van der Waals surface area contributed by atoms with Crippen molar-refractivity contribution in [2.24, 2.45) is 0 Å². The van der Waals surface area contributed by atoms with Crippen molar-refractivity contribution >= 4 is 13.9 Å². The van der Waals surface area contributed by atoms with Crippen LogP contribution >= 0.6 is 0 Å². The third-order valence-corrected chi connectivity index (χ3v) is 10.3. The van der Waals surface area contributed by atoms with Gasteiger partial charge in [-0.05, 0) is 67.8 Å². The van der Waals surface area contributed by atoms with E-state index in [1.807, 2.05) is 0 Å². The smallest absolute Gasteiger partial charge is 0.192 e. The molecule has 0 radical (unpaired) electrons. The van der Waals surface area contributed by atoms with Gasteiger partial charge in [0.25, 0.3) is 0 Å². The largest absolute Gasteiger partial charge is 0.414 e. The molecule has 0 N–H and O–H groups in total. The summed E-state index contributed by atoms with van der Waals surface area (Å²) in [6.45, 7) is 11.8. The number of rotatable bonds is 3. The molecular formula is C22H36OSi. The average molecular weight is 345 g/mol. The number of hydrogen-bond acceptors (Lipinski definition) is 1. The van der Waals surface area contributed by atoms with Gasteiger partial charge in [-0.2, -0.15) is 0 Å². The fourth-order valence-electron chi connectivity index (χ4n) is 3.18. The van der Waals surface area contributed by atoms with Gasteiger partial charge in [0.2, 0.25) is 0 Å². The van der Waals surface area contributed by atoms with Gasteiger partial charge in [0.1, 0.15) is 0 Å². The monoisotopic (exact) mass is 344 g/mol. The molecule has 1 aromatic carbocycles. The topological polar surface area (TPSA) is 9.23 Å². The van der Waals surface area contributed by atoms with Crippen LogP contribution in [-0.4, -0.2) is 14.4 Å². The van der Waals surface area contributed by atoms with Gasteiger partial charge in [-0.15, -0.1) is 0 Å². The van der Waals surface area contributed by atoms with Crippen LogP contribution in [0.1, 0.15) is 71.3 Å². The van der Waals surface area contributed by atoms with E-state index >= 15 is 0 Å². The predicted octanol–water partition coefficient (Wildman–Crippen LogP) is 7.20. The minimum absolute atomic E-state index is 0.308. The third-order valence-electron chi connectivity index (χ3n) is 5.76. The Bertz CT molecular complexity index is 525. The van der Waals surface area contributed by atoms with Crippen LogP contribution in [0.15, 0.2) is 36.4 Å². The molecule has 0 saturated heterocycles. The van der Waals surface area contributed by atoms with Crippen LogP contribution in [0.4, 0.5) is 0 Å². The van der Waals surface area contributed by atoms with E-state index in [2.05, 4.69) is 70.3 Å². The molecule has 1 nitrogen and oxygen atoms in total. The van der Waals surface area contributed by atoms with Crippen LogP contribution in [0.2, 0.25) is 18.1 Å². The second-order valence-electron chi connectivity index (χ2n) is 8.77. The first-order valence-corrected chi connectivity index (χ1v) is 12.6. The summed E-state index contributed by atoms with van der Waals surface area (Å²) in [6.07, 6.45) is 11.6. The van der Waals surface area contributed by atoms with Gasteiger partial charge in [-0.25, -0.2) is 0 Å². The van der Waals surface area contributed by atoms with Gasteiger partial charge in [0, 0.05) is 6.10 Å². The summed E-state index contributed by atoms with van der Waals surface area (Å²) in [5.74, 6) is 0. The van der Waals surface area contributed by atoms with Gasteiger partial charge in [-0.1, -0.05) is 63.6 Å². The quantitative estimate of drug-likeness (QED) is 0.526. The Morgan fingerprint density at radius 3 is 2.29 bits per heavy atom. The molecule has 0 spiro atoms. The fraction of sp³-hybridized carbons (Fsp3) is 0.636. The first-order chi connectivity index (χ1) is 11.3. The zero-order valence-electron chi connectivity index (χ0n) is 16.4. The first kappa shape index (κ1) is 19.5. The summed E-state index contributed by atoms with van der Waals surface area (Å²) in [5.41, 5.74) is 2.95. The standard InChI is InChI=1S/C22H36OSi/c1-22(2,3)24(4,5)23-21-17-11-9-15-20(16-10-12-18-21)19-13-7-6-8-14-19/h6-8,13-15,21H,9-12,16-18H2,1-5H3/b20-15+. The molecule has 0 aromatic heterocycles. The van der Waals surface area contributed by atoms with Crippen LogP contribution in [0.5, 0.6) is 0 Å². The minimum atomic E-state index is -1.64. The molecule has 1 aromatic rings. The molecular weight excluding hydrogens is 308 g/mol. The van der Waals surface area contributed by atoms with Crippen molar-refractivity contribution in [3.8, 4) is 0 Å². The van der Waals surface area contributed by atoms with Crippen molar-refractivity contribution in [2.75, 3.05) is 0 Å². The van der Waals surface area contributed by atoms with Gasteiger partial charge < -0.3 is 4.43 Å². The summed E-state index contributed by atoms with van der Waals surface area (Å²) < 4.78 is 6.70. The SMILES string of the molecule is CC(C)(C)[Si](C)(C)OC1CCC/C=C(/c2ccccc2)CCCC1. The van der Waals surface area contributed by atoms with E-state index in [-0.39, 0.29) is 0 Å². The number of benzene rings is 1. The highest BCUT2D eigenvalue weighted by molar-refractivity contribution is 6.74. The molecule has 0 heterocycles. The summed E-state index contributed by atoms with van der Waals surface area (Å²) in [7, 11) is -1.64. The number of allylic oxidation sites excluding steroid dienone is 2. The molecule has 1 atom stereocenters. The molecule has 0 amide bonds. The maximum atomic E-state index is 6.70. The first-order valence-electron chi connectivity index (χ1n) is 9.72. The Hall–Kier alpha value is -0.863. The molecule has 0 bridgehead atoms. The van der Waals surface area contributed by atoms with Crippen LogP contribution in [-0.2, 0) is 4.43 Å². The van der Waals surface area contributed by atoms with Crippen molar-refractivity contribution in [3.63, 3.8) is 0 Å². The normalized spacial score (nSPS) is 23.4. The fourth-order valence-corrected chi connectivity index (χ4v) is 4.60.